The van der Waals surface area contributed by atoms with Gasteiger partial charge in [-0.1, -0.05) is 146 Å². The van der Waals surface area contributed by atoms with Gasteiger partial charge in [-0.3, -0.25) is 0 Å². The molecule has 6 nitrogen and oxygen atoms in total. The molecule has 0 spiro atoms. The number of fused-ring (bicyclic) bond motifs is 9. The first-order chi connectivity index (χ1) is 31.2. The lowest BCUT2D eigenvalue weighted by atomic mass is 10.00. The molecule has 0 saturated carbocycles. The van der Waals surface area contributed by atoms with Crippen LogP contribution in [0.4, 0.5) is 0 Å². The van der Waals surface area contributed by atoms with Crippen molar-refractivity contribution in [2.75, 3.05) is 0 Å². The summed E-state index contributed by atoms with van der Waals surface area (Å²) in [5.74, 6) is 1.70. The molecule has 6 heteroatoms. The van der Waals surface area contributed by atoms with E-state index in [0.717, 1.165) is 88.5 Å². The number of nitrogens with zero attached hydrogens (tertiary/aromatic N) is 4. The molecule has 0 unspecified atom stereocenters. The van der Waals surface area contributed by atoms with Crippen molar-refractivity contribution in [2.45, 2.75) is 0 Å². The van der Waals surface area contributed by atoms with Crippen LogP contribution in [-0.4, -0.2) is 19.5 Å². The monoisotopic (exact) mass is 806 g/mol. The lowest BCUT2D eigenvalue weighted by Gasteiger charge is -2.10. The Bertz CT molecular complexity index is 3900. The minimum atomic E-state index is 0.560. The van der Waals surface area contributed by atoms with Gasteiger partial charge in [0.05, 0.1) is 11.0 Å². The van der Waals surface area contributed by atoms with Gasteiger partial charge in [-0.05, 0) is 82.9 Å². The van der Waals surface area contributed by atoms with E-state index < -0.39 is 0 Å². The Hall–Kier alpha value is -8.61. The Morgan fingerprint density at radius 2 is 0.810 bits per heavy atom. The van der Waals surface area contributed by atoms with Crippen LogP contribution in [-0.2, 0) is 0 Å². The molecule has 0 aliphatic rings. The molecule has 0 radical (unpaired) electrons. The summed E-state index contributed by atoms with van der Waals surface area (Å²) in [6.45, 7) is 0. The van der Waals surface area contributed by atoms with Gasteiger partial charge >= 0.3 is 0 Å². The molecular weight excluding hydrogens is 773 g/mol. The van der Waals surface area contributed by atoms with Gasteiger partial charge < -0.3 is 13.4 Å². The zero-order chi connectivity index (χ0) is 41.4. The van der Waals surface area contributed by atoms with Gasteiger partial charge in [0.15, 0.2) is 17.5 Å². The van der Waals surface area contributed by atoms with Gasteiger partial charge in [-0.25, -0.2) is 15.0 Å². The van der Waals surface area contributed by atoms with E-state index in [1.165, 1.54) is 21.8 Å². The lowest BCUT2D eigenvalue weighted by molar-refractivity contribution is 0.668. The molecule has 0 N–H and O–H groups in total. The average Bonchev–Trinajstić information content (AvgIpc) is 4.03. The van der Waals surface area contributed by atoms with Crippen molar-refractivity contribution in [2.24, 2.45) is 0 Å². The molecule has 0 aliphatic heterocycles. The van der Waals surface area contributed by atoms with Crippen molar-refractivity contribution in [3.05, 3.63) is 206 Å². The largest absolute Gasteiger partial charge is 0.456 e. The predicted octanol–water partition coefficient (Wildman–Crippen LogP) is 15.1. The molecular formula is C57H34N4O2. The number of hydrogen-bond acceptors (Lipinski definition) is 5. The van der Waals surface area contributed by atoms with E-state index in [2.05, 4.69) is 162 Å². The van der Waals surface area contributed by atoms with E-state index in [1.807, 2.05) is 48.5 Å². The third kappa shape index (κ3) is 5.69. The Morgan fingerprint density at radius 3 is 1.56 bits per heavy atom. The van der Waals surface area contributed by atoms with E-state index in [4.69, 9.17) is 23.8 Å². The van der Waals surface area contributed by atoms with Crippen LogP contribution in [0.1, 0.15) is 0 Å². The summed E-state index contributed by atoms with van der Waals surface area (Å²) in [7, 11) is 0. The third-order valence-electron chi connectivity index (χ3n) is 12.3. The van der Waals surface area contributed by atoms with E-state index in [0.29, 0.717) is 17.5 Å². The Morgan fingerprint density at radius 1 is 0.302 bits per heavy atom. The molecule has 0 amide bonds. The summed E-state index contributed by atoms with van der Waals surface area (Å²) in [4.78, 5) is 15.7. The maximum absolute atomic E-state index is 6.69. The maximum atomic E-state index is 6.69. The molecule has 0 saturated heterocycles. The van der Waals surface area contributed by atoms with Gasteiger partial charge in [0.25, 0.3) is 0 Å². The van der Waals surface area contributed by atoms with E-state index in [1.54, 1.807) is 0 Å². The fourth-order valence-electron chi connectivity index (χ4n) is 9.35. The first-order valence-corrected chi connectivity index (χ1v) is 21.1. The van der Waals surface area contributed by atoms with Crippen molar-refractivity contribution >= 4 is 65.7 Å². The highest BCUT2D eigenvalue weighted by Crippen LogP contribution is 2.41. The van der Waals surface area contributed by atoms with Gasteiger partial charge in [-0.15, -0.1) is 0 Å². The van der Waals surface area contributed by atoms with E-state index >= 15 is 0 Å². The number of furan rings is 2. The molecule has 4 heterocycles. The average molecular weight is 807 g/mol. The lowest BCUT2D eigenvalue weighted by Crippen LogP contribution is -2.00. The van der Waals surface area contributed by atoms with Crippen LogP contribution in [0.5, 0.6) is 0 Å². The molecule has 13 aromatic rings. The quantitative estimate of drug-likeness (QED) is 0.167. The van der Waals surface area contributed by atoms with Crippen LogP contribution < -0.4 is 0 Å². The molecule has 63 heavy (non-hydrogen) atoms. The van der Waals surface area contributed by atoms with Crippen molar-refractivity contribution in [1.29, 1.82) is 0 Å². The molecule has 0 atom stereocenters. The highest BCUT2D eigenvalue weighted by molar-refractivity contribution is 6.14. The topological polar surface area (TPSA) is 69.9 Å². The number of benzene rings is 9. The predicted molar refractivity (Wildman–Crippen MR) is 256 cm³/mol. The fraction of sp³-hybridized carbons (Fsp3) is 0. The molecule has 294 valence electrons. The standard InChI is InChI=1S/C57H34N4O2/c1-3-13-35(14-4-1)36-25-27-37(28-26-36)55-58-56(44-19-11-23-50-53(44)42-18-8-10-22-49(42)62-50)60-57(59-55)45-20-12-24-51-54(45)43-31-29-39(34-52(43)63-51)38-30-32-48-46(33-38)41-17-7-9-21-47(41)61(48)40-15-5-2-6-16-40/h1-34H. The molecule has 0 bridgehead atoms. The summed E-state index contributed by atoms with van der Waals surface area (Å²) >= 11 is 0. The van der Waals surface area contributed by atoms with Gasteiger partial charge in [0.1, 0.15) is 22.3 Å². The number of hydrogen-bond donors (Lipinski definition) is 0. The third-order valence-corrected chi connectivity index (χ3v) is 12.3. The molecule has 4 aromatic heterocycles. The first kappa shape index (κ1) is 35.2. The van der Waals surface area contributed by atoms with Crippen LogP contribution in [0.25, 0.3) is 128 Å². The summed E-state index contributed by atoms with van der Waals surface area (Å²) in [5, 5.41) is 6.35. The Balaban J connectivity index is 0.969. The normalized spacial score (nSPS) is 11.8. The zero-order valence-corrected chi connectivity index (χ0v) is 33.7. The smallest absolute Gasteiger partial charge is 0.164 e. The van der Waals surface area contributed by atoms with Crippen LogP contribution >= 0.6 is 0 Å². The number of para-hydroxylation sites is 3. The minimum Gasteiger partial charge on any atom is -0.456 e. The minimum absolute atomic E-state index is 0.560. The van der Waals surface area contributed by atoms with Crippen molar-refractivity contribution in [3.8, 4) is 62.1 Å². The van der Waals surface area contributed by atoms with Crippen LogP contribution in [0, 0.1) is 0 Å². The Kier molecular flexibility index (Phi) is 7.80. The second-order valence-electron chi connectivity index (χ2n) is 15.9. The molecule has 0 aliphatic carbocycles. The summed E-state index contributed by atoms with van der Waals surface area (Å²) in [6.07, 6.45) is 0. The van der Waals surface area contributed by atoms with Crippen LogP contribution in [0.2, 0.25) is 0 Å². The van der Waals surface area contributed by atoms with Crippen molar-refractivity contribution in [1.82, 2.24) is 19.5 Å². The second-order valence-corrected chi connectivity index (χ2v) is 15.9. The maximum Gasteiger partial charge on any atom is 0.164 e. The summed E-state index contributed by atoms with van der Waals surface area (Å²) in [6, 6.07) is 71.5. The highest BCUT2D eigenvalue weighted by Gasteiger charge is 2.21. The fourth-order valence-corrected chi connectivity index (χ4v) is 9.35. The first-order valence-electron chi connectivity index (χ1n) is 21.1. The van der Waals surface area contributed by atoms with Crippen LogP contribution in [0.3, 0.4) is 0 Å². The van der Waals surface area contributed by atoms with Gasteiger partial charge in [0, 0.05) is 54.7 Å². The van der Waals surface area contributed by atoms with Gasteiger partial charge in [0.2, 0.25) is 0 Å². The SMILES string of the molecule is c1ccc(-c2ccc(-c3nc(-c4cccc5oc6ccccc6c45)nc(-c4cccc5oc6cc(-c7ccc8c(c7)c7ccccc7n8-c7ccccc7)ccc6c45)n3)cc2)cc1. The highest BCUT2D eigenvalue weighted by atomic mass is 16.3. The summed E-state index contributed by atoms with van der Waals surface area (Å²) in [5.41, 5.74) is 13.7. The van der Waals surface area contributed by atoms with Crippen molar-refractivity contribution in [3.63, 3.8) is 0 Å². The zero-order valence-electron chi connectivity index (χ0n) is 33.7. The molecule has 13 rings (SSSR count). The van der Waals surface area contributed by atoms with E-state index in [9.17, 15) is 0 Å². The Labute approximate surface area is 361 Å². The number of rotatable bonds is 6. The summed E-state index contributed by atoms with van der Waals surface area (Å²) < 4.78 is 15.3. The van der Waals surface area contributed by atoms with Crippen LogP contribution in [0.15, 0.2) is 215 Å². The molecule has 0 fully saturated rings. The number of aromatic nitrogens is 4. The van der Waals surface area contributed by atoms with Crippen molar-refractivity contribution < 1.29 is 8.83 Å². The second kappa shape index (κ2) is 14.0. The molecule has 9 aromatic carbocycles. The van der Waals surface area contributed by atoms with E-state index in [-0.39, 0.29) is 0 Å². The van der Waals surface area contributed by atoms with Gasteiger partial charge in [-0.2, -0.15) is 0 Å².